The van der Waals surface area contributed by atoms with Crippen LogP contribution in [0.5, 0.6) is 0 Å². The van der Waals surface area contributed by atoms with Crippen molar-refractivity contribution in [2.45, 2.75) is 37.9 Å². The number of fused-ring (bicyclic) bond motifs is 5. The van der Waals surface area contributed by atoms with Crippen molar-refractivity contribution < 1.29 is 4.79 Å². The van der Waals surface area contributed by atoms with Crippen LogP contribution in [0.2, 0.25) is 0 Å². The summed E-state index contributed by atoms with van der Waals surface area (Å²) in [6, 6.07) is 16.2. The summed E-state index contributed by atoms with van der Waals surface area (Å²) in [5, 5.41) is 4.86. The predicted molar refractivity (Wildman–Crippen MR) is 111 cm³/mol. The van der Waals surface area contributed by atoms with E-state index in [-0.39, 0.29) is 11.9 Å². The summed E-state index contributed by atoms with van der Waals surface area (Å²) in [6.45, 7) is 4.17. The zero-order valence-corrected chi connectivity index (χ0v) is 16.3. The lowest BCUT2D eigenvalue weighted by atomic mass is 10.2. The molecule has 0 radical (unpaired) electrons. The van der Waals surface area contributed by atoms with E-state index < -0.39 is 0 Å². The number of hydrogen-bond acceptors (Lipinski definition) is 4. The summed E-state index contributed by atoms with van der Waals surface area (Å²) in [6.07, 6.45) is 2.05. The molecule has 0 aliphatic rings. The SMILES string of the molecule is CCC[C@H](C)NC(=O)CSc1nc2ccccc2c2nc3ccccc3n12. The van der Waals surface area contributed by atoms with Crippen molar-refractivity contribution in [1.29, 1.82) is 0 Å². The van der Waals surface area contributed by atoms with Crippen molar-refractivity contribution in [1.82, 2.24) is 19.7 Å². The Morgan fingerprint density at radius 1 is 1.11 bits per heavy atom. The number of imidazole rings is 1. The third-order valence-electron chi connectivity index (χ3n) is 4.57. The molecule has 4 aromatic rings. The van der Waals surface area contributed by atoms with Gasteiger partial charge in [0.1, 0.15) is 5.65 Å². The molecule has 2 aromatic carbocycles. The smallest absolute Gasteiger partial charge is 0.230 e. The summed E-state index contributed by atoms with van der Waals surface area (Å²) in [7, 11) is 0. The van der Waals surface area contributed by atoms with Crippen LogP contribution in [0, 0.1) is 0 Å². The van der Waals surface area contributed by atoms with Gasteiger partial charge in [-0.15, -0.1) is 0 Å². The number of nitrogens with zero attached hydrogens (tertiary/aromatic N) is 3. The standard InChI is InChI=1S/C21H22N4OS/c1-3-8-14(2)22-19(26)13-27-21-24-16-10-5-4-9-15(16)20-23-17-11-6-7-12-18(17)25(20)21/h4-7,9-12,14H,3,8,13H2,1-2H3,(H,22,26)/t14-/m0/s1. The number of nitrogens with one attached hydrogen (secondary N) is 1. The summed E-state index contributed by atoms with van der Waals surface area (Å²) >= 11 is 1.45. The van der Waals surface area contributed by atoms with Gasteiger partial charge in [-0.25, -0.2) is 9.97 Å². The Labute approximate surface area is 162 Å². The Morgan fingerprint density at radius 2 is 1.85 bits per heavy atom. The highest BCUT2D eigenvalue weighted by atomic mass is 32.2. The lowest BCUT2D eigenvalue weighted by Crippen LogP contribution is -2.33. The first-order valence-corrected chi connectivity index (χ1v) is 10.2. The maximum absolute atomic E-state index is 12.3. The molecule has 27 heavy (non-hydrogen) atoms. The molecule has 1 N–H and O–H groups in total. The van der Waals surface area contributed by atoms with E-state index in [9.17, 15) is 4.79 Å². The third kappa shape index (κ3) is 3.49. The van der Waals surface area contributed by atoms with Crippen molar-refractivity contribution in [3.63, 3.8) is 0 Å². The van der Waals surface area contributed by atoms with Gasteiger partial charge in [-0.05, 0) is 37.6 Å². The van der Waals surface area contributed by atoms with E-state index in [0.717, 1.165) is 45.6 Å². The van der Waals surface area contributed by atoms with Crippen molar-refractivity contribution in [3.05, 3.63) is 48.5 Å². The van der Waals surface area contributed by atoms with Crippen molar-refractivity contribution in [3.8, 4) is 0 Å². The largest absolute Gasteiger partial charge is 0.353 e. The zero-order chi connectivity index (χ0) is 18.8. The molecular formula is C21H22N4OS. The Kier molecular flexibility index (Phi) is 4.99. The molecule has 0 aliphatic heterocycles. The van der Waals surface area contributed by atoms with Crippen molar-refractivity contribution in [2.24, 2.45) is 0 Å². The zero-order valence-electron chi connectivity index (χ0n) is 15.5. The first kappa shape index (κ1) is 17.8. The Balaban J connectivity index is 1.73. The van der Waals surface area contributed by atoms with Gasteiger partial charge >= 0.3 is 0 Å². The number of thioether (sulfide) groups is 1. The number of hydrogen-bond donors (Lipinski definition) is 1. The highest BCUT2D eigenvalue weighted by molar-refractivity contribution is 7.99. The predicted octanol–water partition coefficient (Wildman–Crippen LogP) is 4.43. The summed E-state index contributed by atoms with van der Waals surface area (Å²) in [4.78, 5) is 22.0. The van der Waals surface area contributed by atoms with Gasteiger partial charge < -0.3 is 5.32 Å². The van der Waals surface area contributed by atoms with Crippen molar-refractivity contribution in [2.75, 3.05) is 5.75 Å². The second-order valence-corrected chi connectivity index (χ2v) is 7.66. The molecule has 5 nitrogen and oxygen atoms in total. The van der Waals surface area contributed by atoms with Gasteiger partial charge in [0, 0.05) is 11.4 Å². The summed E-state index contributed by atoms with van der Waals surface area (Å²) in [5.74, 6) is 0.370. The molecule has 0 bridgehead atoms. The van der Waals surface area contributed by atoms with Crippen LogP contribution < -0.4 is 5.32 Å². The van der Waals surface area contributed by atoms with Crippen LogP contribution in [0.4, 0.5) is 0 Å². The van der Waals surface area contributed by atoms with E-state index in [0.29, 0.717) is 5.75 Å². The summed E-state index contributed by atoms with van der Waals surface area (Å²) in [5.41, 5.74) is 3.71. The number of benzene rings is 2. The number of amides is 1. The minimum atomic E-state index is 0.0356. The second kappa shape index (κ2) is 7.56. The van der Waals surface area contributed by atoms with Gasteiger partial charge in [-0.2, -0.15) is 0 Å². The van der Waals surface area contributed by atoms with Crippen LogP contribution in [-0.4, -0.2) is 32.1 Å². The van der Waals surface area contributed by atoms with Crippen LogP contribution in [0.25, 0.3) is 27.6 Å². The average Bonchev–Trinajstić information content (AvgIpc) is 3.06. The molecule has 0 unspecified atom stereocenters. The van der Waals surface area contributed by atoms with Crippen LogP contribution in [0.3, 0.4) is 0 Å². The molecule has 138 valence electrons. The molecule has 1 atom stereocenters. The van der Waals surface area contributed by atoms with E-state index >= 15 is 0 Å². The van der Waals surface area contributed by atoms with Crippen LogP contribution in [-0.2, 0) is 4.79 Å². The normalized spacial score (nSPS) is 12.7. The van der Waals surface area contributed by atoms with E-state index in [2.05, 4.69) is 16.6 Å². The number of carbonyl (C=O) groups excluding carboxylic acids is 1. The lowest BCUT2D eigenvalue weighted by Gasteiger charge is -2.13. The quantitative estimate of drug-likeness (QED) is 0.398. The number of carbonyl (C=O) groups is 1. The van der Waals surface area contributed by atoms with Crippen molar-refractivity contribution >= 4 is 45.3 Å². The first-order valence-electron chi connectivity index (χ1n) is 9.25. The highest BCUT2D eigenvalue weighted by Crippen LogP contribution is 2.28. The third-order valence-corrected chi connectivity index (χ3v) is 5.51. The maximum atomic E-state index is 12.3. The molecule has 1 amide bonds. The van der Waals surface area contributed by atoms with Gasteiger partial charge in [0.25, 0.3) is 0 Å². The highest BCUT2D eigenvalue weighted by Gasteiger charge is 2.15. The molecule has 4 rings (SSSR count). The Morgan fingerprint density at radius 3 is 2.67 bits per heavy atom. The molecule has 0 fully saturated rings. The maximum Gasteiger partial charge on any atom is 0.230 e. The molecule has 6 heteroatoms. The molecule has 0 spiro atoms. The topological polar surface area (TPSA) is 59.3 Å². The fourth-order valence-corrected chi connectivity index (χ4v) is 4.18. The van der Waals surface area contributed by atoms with E-state index in [1.54, 1.807) is 0 Å². The second-order valence-electron chi connectivity index (χ2n) is 6.72. The molecule has 2 heterocycles. The van der Waals surface area contributed by atoms with Gasteiger partial charge in [0.15, 0.2) is 5.16 Å². The Hall–Kier alpha value is -2.60. The Bertz CT molecular complexity index is 1120. The minimum absolute atomic E-state index is 0.0356. The van der Waals surface area contributed by atoms with Gasteiger partial charge in [-0.3, -0.25) is 9.20 Å². The minimum Gasteiger partial charge on any atom is -0.353 e. The molecule has 0 aliphatic carbocycles. The first-order chi connectivity index (χ1) is 13.2. The van der Waals surface area contributed by atoms with E-state index in [1.165, 1.54) is 11.8 Å². The lowest BCUT2D eigenvalue weighted by molar-refractivity contribution is -0.119. The number of rotatable bonds is 6. The van der Waals surface area contributed by atoms with Gasteiger partial charge in [0.05, 0.1) is 22.3 Å². The van der Waals surface area contributed by atoms with Crippen LogP contribution >= 0.6 is 11.8 Å². The molecule has 0 saturated carbocycles. The summed E-state index contributed by atoms with van der Waals surface area (Å²) < 4.78 is 2.06. The van der Waals surface area contributed by atoms with E-state index in [1.807, 2.05) is 55.5 Å². The molecule has 2 aromatic heterocycles. The fourth-order valence-electron chi connectivity index (χ4n) is 3.36. The average molecular weight is 379 g/mol. The molecular weight excluding hydrogens is 356 g/mol. The van der Waals surface area contributed by atoms with E-state index in [4.69, 9.17) is 9.97 Å². The van der Waals surface area contributed by atoms with Gasteiger partial charge in [0.2, 0.25) is 5.91 Å². The van der Waals surface area contributed by atoms with Crippen LogP contribution in [0.1, 0.15) is 26.7 Å². The fraction of sp³-hybridized carbons (Fsp3) is 0.286. The van der Waals surface area contributed by atoms with Gasteiger partial charge in [-0.1, -0.05) is 49.4 Å². The number of para-hydroxylation sites is 3. The molecule has 0 saturated heterocycles. The number of aromatic nitrogens is 3. The van der Waals surface area contributed by atoms with Crippen LogP contribution in [0.15, 0.2) is 53.7 Å². The monoisotopic (exact) mass is 378 g/mol.